The Labute approximate surface area is 122 Å². The van der Waals surface area contributed by atoms with E-state index in [2.05, 4.69) is 15.0 Å². The zero-order chi connectivity index (χ0) is 14.4. The van der Waals surface area contributed by atoms with Gasteiger partial charge in [-0.25, -0.2) is 0 Å². The molecule has 2 aromatic rings. The lowest BCUT2D eigenvalue weighted by atomic mass is 10.2. The molecular formula is C14H15ClN4O. The van der Waals surface area contributed by atoms with Crippen LogP contribution < -0.4 is 9.64 Å². The van der Waals surface area contributed by atoms with E-state index in [-0.39, 0.29) is 11.3 Å². The lowest BCUT2D eigenvalue weighted by molar-refractivity contribution is 0.332. The summed E-state index contributed by atoms with van der Waals surface area (Å²) in [5.74, 6) is 0.465. The Morgan fingerprint density at radius 2 is 1.90 bits per heavy atom. The molecule has 0 aliphatic heterocycles. The Morgan fingerprint density at radius 1 is 1.15 bits per heavy atom. The molecule has 1 aromatic heterocycles. The van der Waals surface area contributed by atoms with Crippen LogP contribution in [0.1, 0.15) is 5.56 Å². The van der Waals surface area contributed by atoms with Gasteiger partial charge in [-0.2, -0.15) is 15.0 Å². The highest BCUT2D eigenvalue weighted by molar-refractivity contribution is 6.28. The molecule has 104 valence electrons. The quantitative estimate of drug-likeness (QED) is 0.847. The molecular weight excluding hydrogens is 276 g/mol. The Kier molecular flexibility index (Phi) is 4.90. The molecule has 0 atom stereocenters. The largest absolute Gasteiger partial charge is 0.459 e. The van der Waals surface area contributed by atoms with Gasteiger partial charge in [-0.15, -0.1) is 0 Å². The lowest BCUT2D eigenvalue weighted by Gasteiger charge is -2.10. The molecule has 0 aliphatic carbocycles. The summed E-state index contributed by atoms with van der Waals surface area (Å²) in [6.45, 7) is 0.363. The van der Waals surface area contributed by atoms with Crippen LogP contribution in [0.5, 0.6) is 6.01 Å². The molecule has 5 nitrogen and oxygen atoms in total. The smallest absolute Gasteiger partial charge is 0.322 e. The average molecular weight is 291 g/mol. The van der Waals surface area contributed by atoms with Crippen LogP contribution in [0, 0.1) is 0 Å². The second kappa shape index (κ2) is 6.86. The zero-order valence-electron chi connectivity index (χ0n) is 11.3. The summed E-state index contributed by atoms with van der Waals surface area (Å²) in [6, 6.07) is 10.2. The summed E-state index contributed by atoms with van der Waals surface area (Å²) < 4.78 is 5.44. The van der Waals surface area contributed by atoms with Crippen LogP contribution in [-0.2, 0) is 0 Å². The lowest BCUT2D eigenvalue weighted by Crippen LogP contribution is -2.14. The summed E-state index contributed by atoms with van der Waals surface area (Å²) in [6.07, 6.45) is 3.86. The fourth-order valence-corrected chi connectivity index (χ4v) is 1.61. The molecule has 1 aromatic carbocycles. The molecule has 0 spiro atoms. The van der Waals surface area contributed by atoms with Gasteiger partial charge in [0.25, 0.3) is 0 Å². The van der Waals surface area contributed by atoms with Gasteiger partial charge < -0.3 is 9.64 Å². The van der Waals surface area contributed by atoms with Crippen molar-refractivity contribution in [2.75, 3.05) is 25.6 Å². The molecule has 0 N–H and O–H groups in total. The summed E-state index contributed by atoms with van der Waals surface area (Å²) in [5, 5.41) is 0.116. The highest BCUT2D eigenvalue weighted by atomic mass is 35.5. The van der Waals surface area contributed by atoms with Crippen LogP contribution in [0.15, 0.2) is 36.4 Å². The van der Waals surface area contributed by atoms with E-state index in [9.17, 15) is 0 Å². The number of ether oxygens (including phenoxy) is 1. The third-order valence-electron chi connectivity index (χ3n) is 2.39. The van der Waals surface area contributed by atoms with Gasteiger partial charge in [0.05, 0.1) is 0 Å². The van der Waals surface area contributed by atoms with Crippen molar-refractivity contribution in [2.24, 2.45) is 0 Å². The van der Waals surface area contributed by atoms with E-state index < -0.39 is 0 Å². The molecule has 0 saturated carbocycles. The Balaban J connectivity index is 1.96. The molecule has 0 saturated heterocycles. The number of halogens is 1. The second-order valence-corrected chi connectivity index (χ2v) is 4.54. The number of anilines is 1. The molecule has 0 amide bonds. The minimum absolute atomic E-state index is 0.116. The van der Waals surface area contributed by atoms with Gasteiger partial charge in [0, 0.05) is 14.1 Å². The SMILES string of the molecule is CN(C)c1nc(Cl)nc(OCC=Cc2ccccc2)n1. The van der Waals surface area contributed by atoms with Gasteiger partial charge in [0.1, 0.15) is 6.61 Å². The van der Waals surface area contributed by atoms with Crippen LogP contribution in [0.3, 0.4) is 0 Å². The summed E-state index contributed by atoms with van der Waals surface area (Å²) >= 11 is 5.82. The van der Waals surface area contributed by atoms with Gasteiger partial charge >= 0.3 is 6.01 Å². The van der Waals surface area contributed by atoms with Crippen molar-refractivity contribution in [1.29, 1.82) is 0 Å². The summed E-state index contributed by atoms with van der Waals surface area (Å²) in [4.78, 5) is 13.8. The number of benzene rings is 1. The zero-order valence-corrected chi connectivity index (χ0v) is 12.1. The first-order valence-corrected chi connectivity index (χ1v) is 6.46. The second-order valence-electron chi connectivity index (χ2n) is 4.21. The molecule has 6 heteroatoms. The molecule has 0 radical (unpaired) electrons. The van der Waals surface area contributed by atoms with Crippen LogP contribution in [0.4, 0.5) is 5.95 Å². The monoisotopic (exact) mass is 290 g/mol. The first kappa shape index (κ1) is 14.3. The van der Waals surface area contributed by atoms with Crippen LogP contribution in [-0.4, -0.2) is 35.7 Å². The Bertz CT molecular complexity index is 587. The number of hydrogen-bond acceptors (Lipinski definition) is 5. The maximum atomic E-state index is 5.82. The first-order valence-electron chi connectivity index (χ1n) is 6.08. The van der Waals surface area contributed by atoms with Crippen molar-refractivity contribution in [1.82, 2.24) is 15.0 Å². The summed E-state index contributed by atoms with van der Waals surface area (Å²) in [5.41, 5.74) is 1.11. The summed E-state index contributed by atoms with van der Waals surface area (Å²) in [7, 11) is 3.65. The van der Waals surface area contributed by atoms with E-state index in [0.29, 0.717) is 12.6 Å². The average Bonchev–Trinajstić information content (AvgIpc) is 2.44. The predicted octanol–water partition coefficient (Wildman–Crippen LogP) is 2.68. The number of nitrogens with zero attached hydrogens (tertiary/aromatic N) is 4. The Morgan fingerprint density at radius 3 is 2.60 bits per heavy atom. The predicted molar refractivity (Wildman–Crippen MR) is 80.1 cm³/mol. The minimum atomic E-state index is 0.116. The minimum Gasteiger partial charge on any atom is -0.459 e. The molecule has 20 heavy (non-hydrogen) atoms. The molecule has 0 aliphatic rings. The normalized spacial score (nSPS) is 10.8. The van der Waals surface area contributed by atoms with Gasteiger partial charge in [-0.05, 0) is 23.2 Å². The molecule has 0 bridgehead atoms. The molecule has 0 fully saturated rings. The van der Waals surface area contributed by atoms with Gasteiger partial charge in [-0.3, -0.25) is 0 Å². The molecule has 1 heterocycles. The Hall–Kier alpha value is -2.14. The van der Waals surface area contributed by atoms with Crippen molar-refractivity contribution in [3.8, 4) is 6.01 Å². The fourth-order valence-electron chi connectivity index (χ4n) is 1.46. The number of aromatic nitrogens is 3. The molecule has 2 rings (SSSR count). The number of hydrogen-bond donors (Lipinski definition) is 0. The van der Waals surface area contributed by atoms with Crippen molar-refractivity contribution in [3.05, 3.63) is 47.3 Å². The molecule has 0 unspecified atom stereocenters. The number of rotatable bonds is 5. The highest BCUT2D eigenvalue weighted by Gasteiger charge is 2.06. The van der Waals surface area contributed by atoms with E-state index in [1.807, 2.05) is 56.6 Å². The third-order valence-corrected chi connectivity index (χ3v) is 2.56. The van der Waals surface area contributed by atoms with Crippen LogP contribution in [0.2, 0.25) is 5.28 Å². The van der Waals surface area contributed by atoms with E-state index in [1.54, 1.807) is 4.90 Å². The van der Waals surface area contributed by atoms with Gasteiger partial charge in [-0.1, -0.05) is 36.4 Å². The van der Waals surface area contributed by atoms with Crippen molar-refractivity contribution >= 4 is 23.6 Å². The van der Waals surface area contributed by atoms with Crippen molar-refractivity contribution < 1.29 is 4.74 Å². The van der Waals surface area contributed by atoms with Crippen LogP contribution in [0.25, 0.3) is 6.08 Å². The van der Waals surface area contributed by atoms with E-state index in [0.717, 1.165) is 5.56 Å². The van der Waals surface area contributed by atoms with Crippen molar-refractivity contribution in [2.45, 2.75) is 0 Å². The fraction of sp³-hybridized carbons (Fsp3) is 0.214. The standard InChI is InChI=1S/C14H15ClN4O/c1-19(2)13-16-12(15)17-14(18-13)20-10-6-9-11-7-4-3-5-8-11/h3-9H,10H2,1-2H3. The van der Waals surface area contributed by atoms with Crippen LogP contribution >= 0.6 is 11.6 Å². The first-order chi connectivity index (χ1) is 9.65. The topological polar surface area (TPSA) is 51.1 Å². The van der Waals surface area contributed by atoms with Gasteiger partial charge in [0.2, 0.25) is 11.2 Å². The third kappa shape index (κ3) is 4.20. The maximum absolute atomic E-state index is 5.82. The maximum Gasteiger partial charge on any atom is 0.322 e. The van der Waals surface area contributed by atoms with E-state index >= 15 is 0 Å². The van der Waals surface area contributed by atoms with E-state index in [4.69, 9.17) is 16.3 Å². The highest BCUT2D eigenvalue weighted by Crippen LogP contribution is 2.13. The van der Waals surface area contributed by atoms with Crippen molar-refractivity contribution in [3.63, 3.8) is 0 Å². The van der Waals surface area contributed by atoms with E-state index in [1.165, 1.54) is 0 Å². The van der Waals surface area contributed by atoms with Gasteiger partial charge in [0.15, 0.2) is 0 Å².